The third-order valence-electron chi connectivity index (χ3n) is 3.61. The third-order valence-corrected chi connectivity index (χ3v) is 3.61. The maximum Gasteiger partial charge on any atom is 0.258 e. The number of carbonyl (C=O) groups is 2. The number of fused-ring (bicyclic) bond motifs is 2. The molecule has 1 N–H and O–H groups in total. The van der Waals surface area contributed by atoms with Gasteiger partial charge in [-0.3, -0.25) is 14.9 Å². The van der Waals surface area contributed by atoms with E-state index < -0.39 is 0 Å². The predicted octanol–water partition coefficient (Wildman–Crippen LogP) is 2.43. The van der Waals surface area contributed by atoms with Gasteiger partial charge in [-0.05, 0) is 12.1 Å². The summed E-state index contributed by atoms with van der Waals surface area (Å²) in [5.74, 6) is -0.735. The minimum atomic E-state index is -0.375. The van der Waals surface area contributed by atoms with Crippen LogP contribution in [0.2, 0.25) is 0 Å². The molecule has 2 amide bonds. The monoisotopic (exact) mass is 274 g/mol. The molecule has 0 spiro atoms. The normalized spacial score (nSPS) is 14.6. The van der Waals surface area contributed by atoms with Crippen molar-refractivity contribution in [1.29, 1.82) is 0 Å². The van der Waals surface area contributed by atoms with Crippen LogP contribution in [0.1, 0.15) is 5.56 Å². The number of amides is 2. The van der Waals surface area contributed by atoms with E-state index in [9.17, 15) is 9.59 Å². The Morgan fingerprint density at radius 2 is 1.38 bits per heavy atom. The van der Waals surface area contributed by atoms with Crippen LogP contribution in [0, 0.1) is 0 Å². The molecule has 1 aromatic heterocycles. The van der Waals surface area contributed by atoms with Gasteiger partial charge in [0.15, 0.2) is 0 Å². The van der Waals surface area contributed by atoms with Crippen LogP contribution >= 0.6 is 0 Å². The van der Waals surface area contributed by atoms with Gasteiger partial charge in [0, 0.05) is 22.4 Å². The Bertz CT molecular complexity index is 903. The van der Waals surface area contributed by atoms with Crippen molar-refractivity contribution in [3.8, 4) is 0 Å². The predicted molar refractivity (Wildman–Crippen MR) is 80.4 cm³/mol. The fourth-order valence-corrected chi connectivity index (χ4v) is 2.73. The van der Waals surface area contributed by atoms with Crippen molar-refractivity contribution >= 4 is 39.2 Å². The number of rotatable bonds is 1. The van der Waals surface area contributed by atoms with Gasteiger partial charge in [-0.1, -0.05) is 36.4 Å². The smallest absolute Gasteiger partial charge is 0.258 e. The summed E-state index contributed by atoms with van der Waals surface area (Å²) in [5, 5.41) is 4.04. The van der Waals surface area contributed by atoms with Crippen LogP contribution in [-0.4, -0.2) is 16.8 Å². The lowest BCUT2D eigenvalue weighted by Crippen LogP contribution is -2.21. The Kier molecular flexibility index (Phi) is 2.38. The van der Waals surface area contributed by atoms with Crippen molar-refractivity contribution in [3.05, 3.63) is 60.2 Å². The first-order valence-electron chi connectivity index (χ1n) is 6.59. The van der Waals surface area contributed by atoms with Crippen LogP contribution in [-0.2, 0) is 9.59 Å². The van der Waals surface area contributed by atoms with Gasteiger partial charge in [-0.25, -0.2) is 4.98 Å². The molecule has 21 heavy (non-hydrogen) atoms. The molecular weight excluding hydrogens is 264 g/mol. The maximum atomic E-state index is 12.1. The number of benzene rings is 2. The average molecular weight is 274 g/mol. The number of nitrogens with one attached hydrogen (secondary N) is 1. The summed E-state index contributed by atoms with van der Waals surface area (Å²) in [5.41, 5.74) is 2.77. The standard InChI is InChI=1S/C17H10N2O2/c20-15-9-12(17(21)19-15)16-10-5-1-3-7-13(10)18-14-8-4-2-6-11(14)16/h1-9H,(H,19,20,21). The first-order valence-corrected chi connectivity index (χ1v) is 6.59. The van der Waals surface area contributed by atoms with Gasteiger partial charge in [0.25, 0.3) is 11.8 Å². The Morgan fingerprint density at radius 1 is 0.810 bits per heavy atom. The minimum absolute atomic E-state index is 0.360. The van der Waals surface area contributed by atoms with Gasteiger partial charge >= 0.3 is 0 Å². The van der Waals surface area contributed by atoms with Gasteiger partial charge in [0.1, 0.15) is 0 Å². The Labute approximate surface area is 120 Å². The zero-order chi connectivity index (χ0) is 14.4. The second-order valence-electron chi connectivity index (χ2n) is 4.90. The lowest BCUT2D eigenvalue weighted by Gasteiger charge is -2.10. The molecule has 0 fully saturated rings. The van der Waals surface area contributed by atoms with E-state index in [-0.39, 0.29) is 11.8 Å². The molecule has 0 saturated heterocycles. The molecule has 0 unspecified atom stereocenters. The Morgan fingerprint density at radius 3 is 1.90 bits per heavy atom. The fraction of sp³-hybridized carbons (Fsp3) is 0. The van der Waals surface area contributed by atoms with E-state index in [1.54, 1.807) is 0 Å². The van der Waals surface area contributed by atoms with Gasteiger partial charge in [0.2, 0.25) is 0 Å². The lowest BCUT2D eigenvalue weighted by molar-refractivity contribution is -0.123. The molecule has 0 saturated carbocycles. The minimum Gasteiger partial charge on any atom is -0.289 e. The van der Waals surface area contributed by atoms with Crippen LogP contribution in [0.4, 0.5) is 0 Å². The SMILES string of the molecule is O=C1C=C(c2c3ccccc3nc3ccccc23)C(=O)N1. The molecule has 1 aliphatic rings. The van der Waals surface area contributed by atoms with E-state index >= 15 is 0 Å². The number of hydrogen-bond acceptors (Lipinski definition) is 3. The highest BCUT2D eigenvalue weighted by Gasteiger charge is 2.25. The molecule has 2 aromatic carbocycles. The van der Waals surface area contributed by atoms with E-state index in [0.29, 0.717) is 5.57 Å². The number of hydrogen-bond donors (Lipinski definition) is 1. The molecule has 1 aliphatic heterocycles. The molecule has 0 atom stereocenters. The van der Waals surface area contributed by atoms with Crippen molar-refractivity contribution in [2.75, 3.05) is 0 Å². The van der Waals surface area contributed by atoms with Crippen molar-refractivity contribution in [3.63, 3.8) is 0 Å². The van der Waals surface area contributed by atoms with Crippen LogP contribution in [0.25, 0.3) is 27.4 Å². The summed E-state index contributed by atoms with van der Waals surface area (Å²) < 4.78 is 0. The molecule has 4 nitrogen and oxygen atoms in total. The molecule has 2 heterocycles. The summed E-state index contributed by atoms with van der Waals surface area (Å²) in [6.45, 7) is 0. The second-order valence-corrected chi connectivity index (χ2v) is 4.90. The number of pyridine rings is 1. The van der Waals surface area contributed by atoms with Crippen molar-refractivity contribution < 1.29 is 9.59 Å². The molecular formula is C17H10N2O2. The third kappa shape index (κ3) is 1.73. The molecule has 100 valence electrons. The number of nitrogens with zero attached hydrogens (tertiary/aromatic N) is 1. The van der Waals surface area contributed by atoms with Crippen LogP contribution in [0.15, 0.2) is 54.6 Å². The maximum absolute atomic E-state index is 12.1. The van der Waals surface area contributed by atoms with Gasteiger partial charge in [-0.2, -0.15) is 0 Å². The summed E-state index contributed by atoms with van der Waals surface area (Å²) in [6, 6.07) is 15.3. The average Bonchev–Trinajstić information content (AvgIpc) is 2.83. The zero-order valence-corrected chi connectivity index (χ0v) is 11.0. The highest BCUT2D eigenvalue weighted by Crippen LogP contribution is 2.32. The molecule has 4 heteroatoms. The zero-order valence-electron chi connectivity index (χ0n) is 11.0. The molecule has 3 aromatic rings. The molecule has 4 rings (SSSR count). The second kappa shape index (κ2) is 4.24. The molecule has 0 bridgehead atoms. The molecule has 0 aliphatic carbocycles. The summed E-state index contributed by atoms with van der Waals surface area (Å²) in [6.07, 6.45) is 1.36. The largest absolute Gasteiger partial charge is 0.289 e. The summed E-state index contributed by atoms with van der Waals surface area (Å²) in [4.78, 5) is 28.1. The van der Waals surface area contributed by atoms with E-state index in [4.69, 9.17) is 0 Å². The molecule has 0 radical (unpaired) electrons. The quantitative estimate of drug-likeness (QED) is 0.547. The van der Waals surface area contributed by atoms with Gasteiger partial charge in [0.05, 0.1) is 16.6 Å². The number of aromatic nitrogens is 1. The van der Waals surface area contributed by atoms with E-state index in [2.05, 4.69) is 10.3 Å². The lowest BCUT2D eigenvalue weighted by atomic mass is 9.96. The van der Waals surface area contributed by atoms with Crippen molar-refractivity contribution in [2.45, 2.75) is 0 Å². The Hall–Kier alpha value is -3.01. The van der Waals surface area contributed by atoms with Crippen molar-refractivity contribution in [1.82, 2.24) is 10.3 Å². The van der Waals surface area contributed by atoms with Crippen molar-refractivity contribution in [2.24, 2.45) is 0 Å². The number of carbonyl (C=O) groups excluding carboxylic acids is 2. The van der Waals surface area contributed by atoms with Gasteiger partial charge < -0.3 is 0 Å². The van der Waals surface area contributed by atoms with E-state index in [1.807, 2.05) is 48.5 Å². The highest BCUT2D eigenvalue weighted by atomic mass is 16.2. The highest BCUT2D eigenvalue weighted by molar-refractivity contribution is 6.37. The number of imide groups is 1. The van der Waals surface area contributed by atoms with Crippen LogP contribution < -0.4 is 5.32 Å². The topological polar surface area (TPSA) is 59.1 Å². The van der Waals surface area contributed by atoms with E-state index in [0.717, 1.165) is 27.4 Å². The van der Waals surface area contributed by atoms with Crippen LogP contribution in [0.5, 0.6) is 0 Å². The van der Waals surface area contributed by atoms with Gasteiger partial charge in [-0.15, -0.1) is 0 Å². The first kappa shape index (κ1) is 11.8. The Balaban J connectivity index is 2.20. The first-order chi connectivity index (χ1) is 10.2. The summed E-state index contributed by atoms with van der Waals surface area (Å²) >= 11 is 0. The van der Waals surface area contributed by atoms with Crippen LogP contribution in [0.3, 0.4) is 0 Å². The summed E-state index contributed by atoms with van der Waals surface area (Å²) in [7, 11) is 0. The fourth-order valence-electron chi connectivity index (χ4n) is 2.73. The van der Waals surface area contributed by atoms with E-state index in [1.165, 1.54) is 6.08 Å². The number of para-hydroxylation sites is 2.